The van der Waals surface area contributed by atoms with Crippen LogP contribution in [0.15, 0.2) is 0 Å². The molecule has 0 amide bonds. The maximum Gasteiger partial charge on any atom is 2.00 e. The van der Waals surface area contributed by atoms with Crippen LogP contribution < -0.4 is 0 Å². The van der Waals surface area contributed by atoms with Gasteiger partial charge in [-0.3, -0.25) is 0 Å². The Bertz CT molecular complexity index is 241. The SMILES string of the molecule is CCCCCCCCCCCCCCCC.O=P(O)(O)O.[H-].[H-].[H-].[H-].[H-].[H-].[Mg+2].[Mg+2].[Mg+2]. The summed E-state index contributed by atoms with van der Waals surface area (Å²) >= 11 is 0. The first-order valence-electron chi connectivity index (χ1n) is 8.70. The molecule has 4 nitrogen and oxygen atoms in total. The number of hydrogen-bond acceptors (Lipinski definition) is 1. The number of rotatable bonds is 13. The van der Waals surface area contributed by atoms with Gasteiger partial charge in [0.25, 0.3) is 0 Å². The van der Waals surface area contributed by atoms with Gasteiger partial charge in [-0.15, -0.1) is 0 Å². The van der Waals surface area contributed by atoms with Gasteiger partial charge in [-0.2, -0.15) is 0 Å². The molecule has 8 heteroatoms. The Morgan fingerprint density at radius 1 is 0.542 bits per heavy atom. The van der Waals surface area contributed by atoms with Crippen molar-refractivity contribution in [1.29, 1.82) is 0 Å². The van der Waals surface area contributed by atoms with Gasteiger partial charge in [-0.1, -0.05) is 104 Å². The standard InChI is InChI=1S/C16H34.3Mg.H3O4P.6H/c1-3-5-7-9-11-13-15-16-14-12-10-8-6-4-2;;;;1-5(2,3)4;;;;;;/h3-16H2,1-2H3;;;;(H3,1,2,3,4);;;;;;/q;3*+2;;6*-1. The minimum atomic E-state index is -4.64. The molecule has 0 aromatic heterocycles. The zero-order chi connectivity index (χ0) is 16.4. The van der Waals surface area contributed by atoms with Crippen LogP contribution in [0.1, 0.15) is 112 Å². The third-order valence-electron chi connectivity index (χ3n) is 3.46. The van der Waals surface area contributed by atoms with Gasteiger partial charge in [0.2, 0.25) is 0 Å². The fourth-order valence-electron chi connectivity index (χ4n) is 2.27. The summed E-state index contributed by atoms with van der Waals surface area (Å²) in [6.45, 7) is 4.58. The van der Waals surface area contributed by atoms with Crippen LogP contribution in [0.3, 0.4) is 0 Å². The van der Waals surface area contributed by atoms with E-state index in [1.807, 2.05) is 0 Å². The molecule has 0 rings (SSSR count). The Morgan fingerprint density at radius 3 is 0.792 bits per heavy atom. The zero-order valence-corrected chi connectivity index (χ0v) is 21.4. The van der Waals surface area contributed by atoms with E-state index in [0.29, 0.717) is 0 Å². The summed E-state index contributed by atoms with van der Waals surface area (Å²) in [5.41, 5.74) is 0. The van der Waals surface area contributed by atoms with Crippen molar-refractivity contribution in [3.8, 4) is 0 Å². The number of phosphoric acid groups is 1. The topological polar surface area (TPSA) is 77.8 Å². The molecular formula is C16H43Mg3O4P. The van der Waals surface area contributed by atoms with Gasteiger partial charge in [0, 0.05) is 0 Å². The quantitative estimate of drug-likeness (QED) is 0.227. The maximum absolute atomic E-state index is 8.88. The van der Waals surface area contributed by atoms with Crippen LogP contribution in [-0.2, 0) is 4.57 Å². The fourth-order valence-corrected chi connectivity index (χ4v) is 2.27. The molecule has 0 spiro atoms. The van der Waals surface area contributed by atoms with Crippen molar-refractivity contribution in [2.75, 3.05) is 0 Å². The normalized spacial score (nSPS) is 9.71. The van der Waals surface area contributed by atoms with Crippen LogP contribution in [0.2, 0.25) is 0 Å². The Kier molecular flexibility index (Phi) is 46.7. The second-order valence-corrected chi connectivity index (χ2v) is 6.78. The van der Waals surface area contributed by atoms with Crippen LogP contribution >= 0.6 is 7.82 Å². The predicted octanol–water partition coefficient (Wildman–Crippen LogP) is 5.09. The molecule has 0 aliphatic rings. The van der Waals surface area contributed by atoms with E-state index in [1.165, 1.54) is 89.9 Å². The summed E-state index contributed by atoms with van der Waals surface area (Å²) in [6, 6.07) is 0. The Labute approximate surface area is 207 Å². The van der Waals surface area contributed by atoms with E-state index in [1.54, 1.807) is 0 Å². The summed E-state index contributed by atoms with van der Waals surface area (Å²) in [5, 5.41) is 0. The summed E-state index contributed by atoms with van der Waals surface area (Å²) in [7, 11) is -4.64. The third-order valence-corrected chi connectivity index (χ3v) is 3.46. The summed E-state index contributed by atoms with van der Waals surface area (Å²) < 4.78 is 8.88. The van der Waals surface area contributed by atoms with Gasteiger partial charge in [0.15, 0.2) is 0 Å². The molecule has 0 saturated heterocycles. The molecule has 0 aromatic rings. The molecule has 0 aliphatic carbocycles. The fraction of sp³-hybridized carbons (Fsp3) is 1.00. The Hall–Kier alpha value is 2.41. The first-order chi connectivity index (χ1) is 9.91. The van der Waals surface area contributed by atoms with Gasteiger partial charge in [0.1, 0.15) is 0 Å². The molecule has 0 unspecified atom stereocenters. The monoisotopic (exact) mass is 402 g/mol. The summed E-state index contributed by atoms with van der Waals surface area (Å²) in [4.78, 5) is 21.6. The van der Waals surface area contributed by atoms with Crippen molar-refractivity contribution in [1.82, 2.24) is 0 Å². The average Bonchev–Trinajstić information content (AvgIpc) is 2.38. The summed E-state index contributed by atoms with van der Waals surface area (Å²) in [5.74, 6) is 0. The first kappa shape index (κ1) is 37.2. The van der Waals surface area contributed by atoms with Gasteiger partial charge in [0.05, 0.1) is 0 Å². The molecule has 0 atom stereocenters. The van der Waals surface area contributed by atoms with E-state index in [4.69, 9.17) is 19.2 Å². The first-order valence-corrected chi connectivity index (χ1v) is 10.3. The second-order valence-electron chi connectivity index (χ2n) is 5.76. The Balaban J connectivity index is -0.0000000260. The molecule has 24 heavy (non-hydrogen) atoms. The molecule has 0 fully saturated rings. The van der Waals surface area contributed by atoms with Crippen molar-refractivity contribution in [2.24, 2.45) is 0 Å². The maximum atomic E-state index is 8.88. The molecule has 0 radical (unpaired) electrons. The van der Waals surface area contributed by atoms with Gasteiger partial charge in [-0.25, -0.2) is 4.57 Å². The van der Waals surface area contributed by atoms with Crippen LogP contribution in [0.5, 0.6) is 0 Å². The average molecular weight is 403 g/mol. The van der Waals surface area contributed by atoms with Crippen molar-refractivity contribution in [3.05, 3.63) is 0 Å². The molecule has 0 aromatic carbocycles. The third kappa shape index (κ3) is 56.3. The molecular weight excluding hydrogens is 360 g/mol. The van der Waals surface area contributed by atoms with E-state index in [0.717, 1.165) is 0 Å². The van der Waals surface area contributed by atoms with Crippen LogP contribution in [0.25, 0.3) is 0 Å². The Morgan fingerprint density at radius 2 is 0.667 bits per heavy atom. The molecule has 3 N–H and O–H groups in total. The summed E-state index contributed by atoms with van der Waals surface area (Å²) in [6.07, 6.45) is 20.4. The zero-order valence-electron chi connectivity index (χ0n) is 22.2. The largest absolute Gasteiger partial charge is 2.00 e. The molecule has 142 valence electrons. The van der Waals surface area contributed by atoms with Gasteiger partial charge in [-0.05, 0) is 0 Å². The van der Waals surface area contributed by atoms with E-state index < -0.39 is 7.82 Å². The molecule has 0 bridgehead atoms. The molecule has 0 aliphatic heterocycles. The molecule has 0 heterocycles. The minimum Gasteiger partial charge on any atom is -1.00 e. The van der Waals surface area contributed by atoms with E-state index in [-0.39, 0.29) is 77.7 Å². The second kappa shape index (κ2) is 30.1. The van der Waals surface area contributed by atoms with Crippen molar-refractivity contribution in [2.45, 2.75) is 104 Å². The van der Waals surface area contributed by atoms with Crippen molar-refractivity contribution < 1.29 is 27.8 Å². The smallest absolute Gasteiger partial charge is 1.00 e. The van der Waals surface area contributed by atoms with E-state index in [9.17, 15) is 0 Å². The van der Waals surface area contributed by atoms with Crippen molar-refractivity contribution >= 4 is 77.0 Å². The minimum absolute atomic E-state index is 0. The van der Waals surface area contributed by atoms with Crippen molar-refractivity contribution in [3.63, 3.8) is 0 Å². The van der Waals surface area contributed by atoms with Gasteiger partial charge >= 0.3 is 77.0 Å². The van der Waals surface area contributed by atoms with Crippen LogP contribution in [0.4, 0.5) is 0 Å². The van der Waals surface area contributed by atoms with Gasteiger partial charge < -0.3 is 23.2 Å². The number of hydrogen-bond donors (Lipinski definition) is 3. The van der Waals surface area contributed by atoms with Crippen LogP contribution in [0, 0.1) is 0 Å². The number of unbranched alkanes of at least 4 members (excludes halogenated alkanes) is 13. The predicted molar refractivity (Wildman–Crippen MR) is 114 cm³/mol. The molecule has 0 saturated carbocycles. The van der Waals surface area contributed by atoms with Crippen LogP contribution in [-0.4, -0.2) is 83.8 Å². The van der Waals surface area contributed by atoms with E-state index in [2.05, 4.69) is 13.8 Å². The van der Waals surface area contributed by atoms with E-state index >= 15 is 0 Å².